The van der Waals surface area contributed by atoms with E-state index in [0.717, 1.165) is 6.42 Å². The molecule has 0 rings (SSSR count). The van der Waals surface area contributed by atoms with E-state index in [0.29, 0.717) is 5.06 Å². The quantitative estimate of drug-likeness (QED) is 0.690. The maximum absolute atomic E-state index is 11.5. The first-order valence-corrected chi connectivity index (χ1v) is 5.21. The predicted octanol–water partition coefficient (Wildman–Crippen LogP) is 1.67. The van der Waals surface area contributed by atoms with Gasteiger partial charge in [-0.2, -0.15) is 0 Å². The van der Waals surface area contributed by atoms with E-state index in [1.54, 1.807) is 0 Å². The Kier molecular flexibility index (Phi) is 5.14. The summed E-state index contributed by atoms with van der Waals surface area (Å²) in [6.07, 6.45) is 0.975. The molecule has 0 spiro atoms. The minimum absolute atomic E-state index is 0.167. The second-order valence-electron chi connectivity index (χ2n) is 4.49. The van der Waals surface area contributed by atoms with Crippen molar-refractivity contribution in [3.63, 3.8) is 0 Å². The minimum atomic E-state index is -0.602. The molecule has 2 amide bonds. The molecule has 0 atom stereocenters. The molecule has 0 aliphatic carbocycles. The first-order valence-electron chi connectivity index (χ1n) is 5.21. The number of rotatable bonds is 3. The van der Waals surface area contributed by atoms with Crippen LogP contribution in [0.4, 0.5) is 0 Å². The third-order valence-electron chi connectivity index (χ3n) is 2.35. The molecule has 16 heavy (non-hydrogen) atoms. The highest BCUT2D eigenvalue weighted by atomic mass is 16.7. The van der Waals surface area contributed by atoms with E-state index in [-0.39, 0.29) is 11.8 Å². The summed E-state index contributed by atoms with van der Waals surface area (Å²) in [5, 5.41) is 0.480. The molecule has 0 aromatic carbocycles. The van der Waals surface area contributed by atoms with Gasteiger partial charge in [0, 0.05) is 13.8 Å². The lowest BCUT2D eigenvalue weighted by atomic mass is 9.87. The Labute approximate surface area is 95.7 Å². The Balaban J connectivity index is 4.43. The van der Waals surface area contributed by atoms with E-state index < -0.39 is 17.8 Å². The normalized spacial score (nSPS) is 10.8. The van der Waals surface area contributed by atoms with Crippen molar-refractivity contribution in [2.75, 3.05) is 0 Å². The molecule has 92 valence electrons. The van der Waals surface area contributed by atoms with Crippen molar-refractivity contribution in [1.29, 1.82) is 0 Å². The number of imide groups is 1. The first-order chi connectivity index (χ1) is 7.19. The molecule has 0 radical (unpaired) electrons. The average molecular weight is 229 g/mol. The molecule has 5 heteroatoms. The molecular formula is C11H19NO4. The molecule has 0 heterocycles. The van der Waals surface area contributed by atoms with Crippen LogP contribution in [0.25, 0.3) is 0 Å². The van der Waals surface area contributed by atoms with Crippen molar-refractivity contribution in [3.05, 3.63) is 0 Å². The summed E-state index contributed by atoms with van der Waals surface area (Å²) in [4.78, 5) is 38.1. The molecule has 0 fully saturated rings. The van der Waals surface area contributed by atoms with Crippen molar-refractivity contribution in [3.8, 4) is 0 Å². The minimum Gasteiger partial charge on any atom is -0.330 e. The van der Waals surface area contributed by atoms with Gasteiger partial charge in [0.15, 0.2) is 0 Å². The van der Waals surface area contributed by atoms with Crippen LogP contribution in [0.2, 0.25) is 0 Å². The van der Waals surface area contributed by atoms with Crippen molar-refractivity contribution in [2.45, 2.75) is 47.5 Å². The van der Waals surface area contributed by atoms with Crippen LogP contribution >= 0.6 is 0 Å². The van der Waals surface area contributed by atoms with Crippen LogP contribution in [0.15, 0.2) is 0 Å². The fourth-order valence-electron chi connectivity index (χ4n) is 1.00. The second-order valence-corrected chi connectivity index (χ2v) is 4.49. The molecule has 0 saturated carbocycles. The molecule has 0 unspecified atom stereocenters. The van der Waals surface area contributed by atoms with Gasteiger partial charge in [-0.05, 0) is 5.41 Å². The maximum atomic E-state index is 11.5. The van der Waals surface area contributed by atoms with E-state index >= 15 is 0 Å². The molecule has 0 aliphatic heterocycles. The lowest BCUT2D eigenvalue weighted by Crippen LogP contribution is -2.36. The van der Waals surface area contributed by atoms with Crippen molar-refractivity contribution >= 4 is 17.8 Å². The number of amides is 2. The first kappa shape index (κ1) is 14.6. The largest absolute Gasteiger partial charge is 0.333 e. The number of hydrogen-bond acceptors (Lipinski definition) is 4. The monoisotopic (exact) mass is 229 g/mol. The highest BCUT2D eigenvalue weighted by Crippen LogP contribution is 2.24. The lowest BCUT2D eigenvalue weighted by molar-refractivity contribution is -0.202. The molecule has 5 nitrogen and oxygen atoms in total. The molecule has 0 aliphatic rings. The number of carbonyl (C=O) groups is 3. The zero-order valence-electron chi connectivity index (χ0n) is 10.5. The van der Waals surface area contributed by atoms with Crippen LogP contribution in [0.1, 0.15) is 47.5 Å². The standard InChI is InChI=1S/C11H19NO4/c1-6-11(4,5)7-10(15)16-12(8(2)13)9(3)14/h6-7H2,1-5H3. The van der Waals surface area contributed by atoms with Crippen LogP contribution < -0.4 is 0 Å². The van der Waals surface area contributed by atoms with E-state index in [2.05, 4.69) is 0 Å². The van der Waals surface area contributed by atoms with Gasteiger partial charge in [0.2, 0.25) is 0 Å². The van der Waals surface area contributed by atoms with Gasteiger partial charge < -0.3 is 4.84 Å². The number of hydrogen-bond donors (Lipinski definition) is 0. The maximum Gasteiger partial charge on any atom is 0.333 e. The second kappa shape index (κ2) is 5.63. The van der Waals surface area contributed by atoms with Gasteiger partial charge in [0.05, 0.1) is 6.42 Å². The summed E-state index contributed by atoms with van der Waals surface area (Å²) >= 11 is 0. The fraction of sp³-hybridized carbons (Fsp3) is 0.727. The van der Waals surface area contributed by atoms with Gasteiger partial charge in [-0.25, -0.2) is 4.79 Å². The Bertz CT molecular complexity index is 282. The highest BCUT2D eigenvalue weighted by Gasteiger charge is 2.25. The summed E-state index contributed by atoms with van der Waals surface area (Å²) < 4.78 is 0. The smallest absolute Gasteiger partial charge is 0.330 e. The van der Waals surface area contributed by atoms with Gasteiger partial charge in [0.25, 0.3) is 11.8 Å². The molecular weight excluding hydrogens is 210 g/mol. The number of carbonyl (C=O) groups excluding carboxylic acids is 3. The Morgan fingerprint density at radius 3 is 1.88 bits per heavy atom. The third kappa shape index (κ3) is 4.91. The summed E-state index contributed by atoms with van der Waals surface area (Å²) in [7, 11) is 0. The van der Waals surface area contributed by atoms with E-state index in [4.69, 9.17) is 4.84 Å². The van der Waals surface area contributed by atoms with Crippen molar-refractivity contribution in [1.82, 2.24) is 5.06 Å². The number of nitrogens with zero attached hydrogens (tertiary/aromatic N) is 1. The van der Waals surface area contributed by atoms with Gasteiger partial charge in [0.1, 0.15) is 0 Å². The zero-order valence-corrected chi connectivity index (χ0v) is 10.5. The topological polar surface area (TPSA) is 63.7 Å². The van der Waals surface area contributed by atoms with Gasteiger partial charge >= 0.3 is 5.97 Å². The Morgan fingerprint density at radius 1 is 1.12 bits per heavy atom. The van der Waals surface area contributed by atoms with Gasteiger partial charge in [-0.3, -0.25) is 9.59 Å². The van der Waals surface area contributed by atoms with Crippen LogP contribution in [-0.2, 0) is 19.2 Å². The zero-order chi connectivity index (χ0) is 12.9. The van der Waals surface area contributed by atoms with E-state index in [9.17, 15) is 14.4 Å². The number of hydroxylamine groups is 2. The van der Waals surface area contributed by atoms with E-state index in [1.807, 2.05) is 20.8 Å². The SMILES string of the molecule is CCC(C)(C)CC(=O)ON(C(C)=O)C(C)=O. The summed E-state index contributed by atoms with van der Waals surface area (Å²) in [6.45, 7) is 8.13. The summed E-state index contributed by atoms with van der Waals surface area (Å²) in [5.74, 6) is -1.78. The molecule has 0 aromatic rings. The summed E-state index contributed by atoms with van der Waals surface area (Å²) in [5.41, 5.74) is -0.198. The Morgan fingerprint density at radius 2 is 1.56 bits per heavy atom. The van der Waals surface area contributed by atoms with Crippen LogP contribution in [0.3, 0.4) is 0 Å². The van der Waals surface area contributed by atoms with Crippen molar-refractivity contribution < 1.29 is 19.2 Å². The molecule has 0 aromatic heterocycles. The van der Waals surface area contributed by atoms with Gasteiger partial charge in [-0.15, -0.1) is 5.06 Å². The summed E-state index contributed by atoms with van der Waals surface area (Å²) in [6, 6.07) is 0. The average Bonchev–Trinajstić information content (AvgIpc) is 2.12. The van der Waals surface area contributed by atoms with E-state index in [1.165, 1.54) is 13.8 Å². The molecule has 0 saturated heterocycles. The Hall–Kier alpha value is -1.39. The fourth-order valence-corrected chi connectivity index (χ4v) is 1.00. The van der Waals surface area contributed by atoms with Crippen molar-refractivity contribution in [2.24, 2.45) is 5.41 Å². The predicted molar refractivity (Wildman–Crippen MR) is 58.0 cm³/mol. The third-order valence-corrected chi connectivity index (χ3v) is 2.35. The lowest BCUT2D eigenvalue weighted by Gasteiger charge is -2.22. The molecule has 0 bridgehead atoms. The van der Waals surface area contributed by atoms with Gasteiger partial charge in [-0.1, -0.05) is 27.2 Å². The van der Waals surface area contributed by atoms with Crippen LogP contribution in [0, 0.1) is 5.41 Å². The molecule has 0 N–H and O–H groups in total. The van der Waals surface area contributed by atoms with Crippen LogP contribution in [-0.4, -0.2) is 22.8 Å². The highest BCUT2D eigenvalue weighted by molar-refractivity contribution is 5.92. The van der Waals surface area contributed by atoms with Crippen LogP contribution in [0.5, 0.6) is 0 Å².